The van der Waals surface area contributed by atoms with E-state index in [1.807, 2.05) is 35.8 Å². The number of nitriles is 1. The minimum Gasteiger partial charge on any atom is -0.497 e. The van der Waals surface area contributed by atoms with E-state index in [1.165, 1.54) is 21.8 Å². The number of nitrogens with zero attached hydrogens (tertiary/aromatic N) is 7. The van der Waals surface area contributed by atoms with E-state index >= 15 is 0 Å². The molecule has 0 fully saturated rings. The number of methoxy groups -OCH3 is 1. The molecule has 3 rings (SSSR count). The summed E-state index contributed by atoms with van der Waals surface area (Å²) in [6.07, 6.45) is 8.02. The number of rotatable bonds is 20. The Kier molecular flexibility index (Phi) is 15.8. The summed E-state index contributed by atoms with van der Waals surface area (Å²) in [5.41, 5.74) is 12.9. The van der Waals surface area contributed by atoms with Gasteiger partial charge in [-0.05, 0) is 56.3 Å². The van der Waals surface area contributed by atoms with Gasteiger partial charge in [0.25, 0.3) is 0 Å². The van der Waals surface area contributed by atoms with Crippen LogP contribution in [0, 0.1) is 16.9 Å². The standard InChI is InChI=1S/C31H45N11OS2/c1-40(18-19-41(28-9-5-6-14-36-28)21-25-10-12-27(43-2)13-11-25)16-7-3-4-8-17-42(24-32)30(35)37-15-20-44-22-26-23-45-31(38-26)39-29(33)34/h5-6,9-14,23H,3-4,7-8,15-22H2,1-2H3,(H2,35,37)(H4,33,34,38,39). The molecule has 14 heteroatoms. The zero-order chi connectivity index (χ0) is 32.3. The Balaban J connectivity index is 1.27. The molecule has 0 saturated carbocycles. The number of unbranched alkanes of at least 4 members (excludes halogenated alkanes) is 3. The number of aliphatic imine (C=N–C) groups is 1. The fourth-order valence-electron chi connectivity index (χ4n) is 4.43. The quantitative estimate of drug-likeness (QED) is 0.0454. The highest BCUT2D eigenvalue weighted by molar-refractivity contribution is 7.98. The van der Waals surface area contributed by atoms with E-state index in [1.54, 1.807) is 18.9 Å². The van der Waals surface area contributed by atoms with Crippen molar-refractivity contribution in [1.29, 1.82) is 10.7 Å². The Morgan fingerprint density at radius 1 is 1.09 bits per heavy atom. The third-order valence-corrected chi connectivity index (χ3v) is 8.65. The summed E-state index contributed by atoms with van der Waals surface area (Å²) in [6.45, 7) is 4.72. The van der Waals surface area contributed by atoms with Crippen molar-refractivity contribution in [1.82, 2.24) is 25.1 Å². The highest BCUT2D eigenvalue weighted by Gasteiger charge is 2.11. The predicted molar refractivity (Wildman–Crippen MR) is 186 cm³/mol. The van der Waals surface area contributed by atoms with Crippen LogP contribution >= 0.6 is 23.1 Å². The van der Waals surface area contributed by atoms with Gasteiger partial charge in [0.05, 0.1) is 12.8 Å². The molecule has 3 aromatic rings. The molecule has 0 spiro atoms. The molecule has 6 N–H and O–H groups in total. The normalized spacial score (nSPS) is 10.7. The fourth-order valence-corrected chi connectivity index (χ4v) is 5.98. The number of thiazole rings is 1. The van der Waals surface area contributed by atoms with Crippen LogP contribution in [0.3, 0.4) is 0 Å². The van der Waals surface area contributed by atoms with Gasteiger partial charge in [-0.2, -0.15) is 22.0 Å². The number of anilines is 1. The minimum atomic E-state index is -0.00162. The molecule has 2 aromatic heterocycles. The van der Waals surface area contributed by atoms with Crippen molar-refractivity contribution >= 4 is 46.0 Å². The summed E-state index contributed by atoms with van der Waals surface area (Å²) >= 11 is 3.09. The first kappa shape index (κ1) is 35.4. The fraction of sp³-hybridized carbons (Fsp3) is 0.452. The number of nitrogens with one attached hydrogen (secondary N) is 2. The van der Waals surface area contributed by atoms with Crippen LogP contribution in [-0.4, -0.2) is 84.3 Å². The van der Waals surface area contributed by atoms with Gasteiger partial charge in [0.1, 0.15) is 11.6 Å². The molecular weight excluding hydrogens is 607 g/mol. The average Bonchev–Trinajstić information content (AvgIpc) is 3.49. The molecule has 0 atom stereocenters. The van der Waals surface area contributed by atoms with Crippen molar-refractivity contribution in [3.05, 3.63) is 65.3 Å². The summed E-state index contributed by atoms with van der Waals surface area (Å²) in [6, 6.07) is 14.2. The number of hydrogen-bond acceptors (Lipinski definition) is 10. The van der Waals surface area contributed by atoms with Crippen LogP contribution in [0.5, 0.6) is 5.75 Å². The van der Waals surface area contributed by atoms with Crippen LogP contribution in [0.1, 0.15) is 36.9 Å². The molecule has 0 aliphatic carbocycles. The molecule has 12 nitrogen and oxygen atoms in total. The van der Waals surface area contributed by atoms with Crippen molar-refractivity contribution in [3.63, 3.8) is 0 Å². The summed E-state index contributed by atoms with van der Waals surface area (Å²) in [7, 11) is 3.84. The molecule has 0 unspecified atom stereocenters. The van der Waals surface area contributed by atoms with Crippen molar-refractivity contribution < 1.29 is 4.74 Å². The highest BCUT2D eigenvalue weighted by Crippen LogP contribution is 2.21. The minimum absolute atomic E-state index is 0.00162. The first-order valence-corrected chi connectivity index (χ1v) is 17.0. The maximum absolute atomic E-state index is 9.52. The van der Waals surface area contributed by atoms with E-state index in [0.29, 0.717) is 18.2 Å². The average molecular weight is 652 g/mol. The van der Waals surface area contributed by atoms with Gasteiger partial charge in [-0.3, -0.25) is 5.41 Å². The number of thioether (sulfide) groups is 1. The van der Waals surface area contributed by atoms with Gasteiger partial charge in [-0.25, -0.2) is 14.9 Å². The van der Waals surface area contributed by atoms with Gasteiger partial charge in [0, 0.05) is 55.8 Å². The molecule has 0 amide bonds. The largest absolute Gasteiger partial charge is 0.497 e. The Labute approximate surface area is 275 Å². The Morgan fingerprint density at radius 3 is 2.56 bits per heavy atom. The summed E-state index contributed by atoms with van der Waals surface area (Å²) < 4.78 is 5.30. The number of ether oxygens (including phenoxy) is 1. The Bertz CT molecular complexity index is 1340. The number of hydrogen-bond donors (Lipinski definition) is 4. The second kappa shape index (κ2) is 20.1. The van der Waals surface area contributed by atoms with Gasteiger partial charge < -0.3 is 31.3 Å². The lowest BCUT2D eigenvalue weighted by molar-refractivity contribution is 0.327. The molecule has 0 saturated heterocycles. The molecule has 0 radical (unpaired) electrons. The van der Waals surface area contributed by atoms with Crippen LogP contribution in [0.25, 0.3) is 0 Å². The van der Waals surface area contributed by atoms with E-state index in [-0.39, 0.29) is 11.9 Å². The van der Waals surface area contributed by atoms with Gasteiger partial charge in [0.2, 0.25) is 11.1 Å². The summed E-state index contributed by atoms with van der Waals surface area (Å²) in [5, 5.41) is 23.3. The molecule has 242 valence electrons. The van der Waals surface area contributed by atoms with Gasteiger partial charge >= 0.3 is 0 Å². The van der Waals surface area contributed by atoms with Gasteiger partial charge in [0.15, 0.2) is 12.2 Å². The molecule has 2 heterocycles. The Hall–Kier alpha value is -4.06. The van der Waals surface area contributed by atoms with Crippen LogP contribution < -0.4 is 26.4 Å². The first-order valence-electron chi connectivity index (χ1n) is 15.0. The monoisotopic (exact) mass is 651 g/mol. The van der Waals surface area contributed by atoms with Crippen LogP contribution in [0.15, 0.2) is 59.0 Å². The van der Waals surface area contributed by atoms with E-state index in [9.17, 15) is 5.26 Å². The molecule has 0 aliphatic heterocycles. The van der Waals surface area contributed by atoms with Crippen LogP contribution in [0.2, 0.25) is 0 Å². The smallest absolute Gasteiger partial charge is 0.212 e. The van der Waals surface area contributed by atoms with Crippen molar-refractivity contribution in [3.8, 4) is 11.9 Å². The zero-order valence-corrected chi connectivity index (χ0v) is 27.8. The summed E-state index contributed by atoms with van der Waals surface area (Å²) in [5.74, 6) is 3.48. The maximum Gasteiger partial charge on any atom is 0.212 e. The van der Waals surface area contributed by atoms with Crippen LogP contribution in [-0.2, 0) is 12.3 Å². The SMILES string of the molecule is COc1ccc(CN(CCN(C)CCCCCCN(C#N)C(=N)NCCSCc2csc(N=C(N)N)n2)c2ccccn2)cc1. The van der Waals surface area contributed by atoms with E-state index in [0.717, 1.165) is 80.6 Å². The number of benzene rings is 1. The molecule has 0 bridgehead atoms. The Morgan fingerprint density at radius 2 is 1.87 bits per heavy atom. The van der Waals surface area contributed by atoms with Crippen molar-refractivity contribution in [2.75, 3.05) is 57.5 Å². The zero-order valence-electron chi connectivity index (χ0n) is 26.2. The first-order chi connectivity index (χ1) is 21.9. The van der Waals surface area contributed by atoms with Crippen molar-refractivity contribution in [2.24, 2.45) is 16.5 Å². The highest BCUT2D eigenvalue weighted by atomic mass is 32.2. The number of pyridine rings is 1. The number of likely N-dealkylation sites (N-methyl/N-ethyl adjacent to an activating group) is 1. The van der Waals surface area contributed by atoms with Gasteiger partial charge in [-0.15, -0.1) is 11.3 Å². The molecule has 45 heavy (non-hydrogen) atoms. The van der Waals surface area contributed by atoms with E-state index < -0.39 is 0 Å². The summed E-state index contributed by atoms with van der Waals surface area (Å²) in [4.78, 5) is 19.0. The number of guanidine groups is 2. The lowest BCUT2D eigenvalue weighted by Gasteiger charge is -2.27. The number of nitrogens with two attached hydrogens (primary N) is 2. The second-order valence-electron chi connectivity index (χ2n) is 10.4. The third kappa shape index (κ3) is 13.6. The molecule has 1 aromatic carbocycles. The van der Waals surface area contributed by atoms with Gasteiger partial charge in [-0.1, -0.05) is 31.0 Å². The lowest BCUT2D eigenvalue weighted by Crippen LogP contribution is -2.39. The predicted octanol–water partition coefficient (Wildman–Crippen LogP) is 4.19. The molecule has 0 aliphatic rings. The van der Waals surface area contributed by atoms with E-state index in [4.69, 9.17) is 21.6 Å². The van der Waals surface area contributed by atoms with Crippen LogP contribution in [0.4, 0.5) is 10.9 Å². The van der Waals surface area contributed by atoms with E-state index in [2.05, 4.69) is 61.5 Å². The second-order valence-corrected chi connectivity index (χ2v) is 12.4. The topological polar surface area (TPSA) is 169 Å². The maximum atomic E-state index is 9.52. The third-order valence-electron chi connectivity index (χ3n) is 6.87. The number of aromatic nitrogens is 2. The molecular formula is C31H45N11OS2. The lowest BCUT2D eigenvalue weighted by atomic mass is 10.2. The van der Waals surface area contributed by atoms with Crippen molar-refractivity contribution in [2.45, 2.75) is 38.0 Å².